The average Bonchev–Trinajstić information content (AvgIpc) is 3.13. The van der Waals surface area contributed by atoms with Gasteiger partial charge in [0.15, 0.2) is 11.0 Å². The first-order valence-electron chi connectivity index (χ1n) is 10.6. The molecule has 0 aliphatic carbocycles. The Kier molecular flexibility index (Phi) is 7.63. The molecule has 0 saturated carbocycles. The van der Waals surface area contributed by atoms with E-state index < -0.39 is 16.6 Å². The highest BCUT2D eigenvalue weighted by Crippen LogP contribution is 2.28. The largest absolute Gasteiger partial charge is 0.477 e. The standard InChI is InChI=1S/C23H31N5O3S/c1-16(2)12-17-8-6-7-9-19(17)20-13-21(31-11-10-23(3,4)29)26-22(25-20)27-32(30)18-14-24-28(5)15-18/h6-9,13-16,29H,10-12H2,1-5H3,(H,25,26,27). The van der Waals surface area contributed by atoms with Crippen molar-refractivity contribution in [1.82, 2.24) is 19.7 Å². The van der Waals surface area contributed by atoms with Crippen LogP contribution in [0.3, 0.4) is 0 Å². The first-order chi connectivity index (χ1) is 15.1. The monoisotopic (exact) mass is 457 g/mol. The summed E-state index contributed by atoms with van der Waals surface area (Å²) in [6, 6.07) is 9.87. The molecule has 172 valence electrons. The van der Waals surface area contributed by atoms with Gasteiger partial charge in [-0.25, -0.2) is 9.19 Å². The highest BCUT2D eigenvalue weighted by Gasteiger charge is 2.16. The minimum atomic E-state index is -1.57. The first kappa shape index (κ1) is 23.9. The number of ether oxygens (including phenoxy) is 1. The van der Waals surface area contributed by atoms with Crippen LogP contribution in [0.25, 0.3) is 11.3 Å². The van der Waals surface area contributed by atoms with Crippen LogP contribution in [0.15, 0.2) is 47.6 Å². The van der Waals surface area contributed by atoms with Crippen LogP contribution >= 0.6 is 0 Å². The Balaban J connectivity index is 1.94. The predicted molar refractivity (Wildman–Crippen MR) is 126 cm³/mol. The number of benzene rings is 1. The summed E-state index contributed by atoms with van der Waals surface area (Å²) < 4.78 is 23.0. The minimum Gasteiger partial charge on any atom is -0.477 e. The van der Waals surface area contributed by atoms with Crippen LogP contribution in [0.1, 0.15) is 39.7 Å². The Bertz CT molecular complexity index is 1080. The van der Waals surface area contributed by atoms with Gasteiger partial charge in [-0.3, -0.25) is 9.40 Å². The number of aliphatic hydroxyl groups is 1. The van der Waals surface area contributed by atoms with Crippen LogP contribution in [-0.2, 0) is 24.5 Å². The Labute approximate surface area is 191 Å². The van der Waals surface area contributed by atoms with Crippen molar-refractivity contribution >= 4 is 16.9 Å². The van der Waals surface area contributed by atoms with Crippen LogP contribution in [0.2, 0.25) is 0 Å². The topological polar surface area (TPSA) is 102 Å². The second-order valence-electron chi connectivity index (χ2n) is 8.80. The molecule has 0 bridgehead atoms. The van der Waals surface area contributed by atoms with Crippen molar-refractivity contribution in [3.05, 3.63) is 48.3 Å². The molecule has 0 amide bonds. The summed E-state index contributed by atoms with van der Waals surface area (Å²) in [4.78, 5) is 9.54. The number of aryl methyl sites for hydroxylation is 1. The van der Waals surface area contributed by atoms with Crippen molar-refractivity contribution in [2.75, 3.05) is 11.3 Å². The summed E-state index contributed by atoms with van der Waals surface area (Å²) in [5.74, 6) is 1.03. The van der Waals surface area contributed by atoms with Gasteiger partial charge >= 0.3 is 0 Å². The minimum absolute atomic E-state index is 0.197. The maximum absolute atomic E-state index is 12.7. The molecular weight excluding hydrogens is 426 g/mol. The molecule has 1 aromatic carbocycles. The van der Waals surface area contributed by atoms with Crippen LogP contribution < -0.4 is 9.46 Å². The molecule has 1 atom stereocenters. The van der Waals surface area contributed by atoms with Gasteiger partial charge in [0, 0.05) is 31.3 Å². The number of nitrogens with zero attached hydrogens (tertiary/aromatic N) is 4. The lowest BCUT2D eigenvalue weighted by Crippen LogP contribution is -2.22. The van der Waals surface area contributed by atoms with E-state index >= 15 is 0 Å². The van der Waals surface area contributed by atoms with E-state index in [1.54, 1.807) is 37.8 Å². The zero-order valence-corrected chi connectivity index (χ0v) is 20.0. The van der Waals surface area contributed by atoms with Gasteiger partial charge in [0.25, 0.3) is 0 Å². The lowest BCUT2D eigenvalue weighted by molar-refractivity contribution is 0.0547. The average molecular weight is 458 g/mol. The van der Waals surface area contributed by atoms with E-state index in [0.29, 0.717) is 35.4 Å². The summed E-state index contributed by atoms with van der Waals surface area (Å²) in [6.45, 7) is 8.10. The van der Waals surface area contributed by atoms with Crippen molar-refractivity contribution in [3.63, 3.8) is 0 Å². The summed E-state index contributed by atoms with van der Waals surface area (Å²) in [5.41, 5.74) is 1.98. The molecule has 32 heavy (non-hydrogen) atoms. The second kappa shape index (κ2) is 10.2. The van der Waals surface area contributed by atoms with E-state index in [-0.39, 0.29) is 5.95 Å². The zero-order chi connectivity index (χ0) is 23.3. The Morgan fingerprint density at radius 2 is 2.00 bits per heavy atom. The molecule has 2 aromatic heterocycles. The number of hydrogen-bond acceptors (Lipinski definition) is 6. The smallest absolute Gasteiger partial charge is 0.238 e. The number of nitrogens with one attached hydrogen (secondary N) is 1. The van der Waals surface area contributed by atoms with Gasteiger partial charge in [0.05, 0.1) is 29.0 Å². The van der Waals surface area contributed by atoms with Gasteiger partial charge in [0.1, 0.15) is 0 Å². The van der Waals surface area contributed by atoms with Gasteiger partial charge in [0.2, 0.25) is 11.8 Å². The quantitative estimate of drug-likeness (QED) is 0.481. The van der Waals surface area contributed by atoms with Crippen LogP contribution in [0, 0.1) is 5.92 Å². The van der Waals surface area contributed by atoms with E-state index in [4.69, 9.17) is 4.74 Å². The normalized spacial score (nSPS) is 12.7. The molecular formula is C23H31N5O3S. The van der Waals surface area contributed by atoms with Gasteiger partial charge < -0.3 is 9.84 Å². The second-order valence-corrected chi connectivity index (χ2v) is 10.0. The molecule has 8 nitrogen and oxygen atoms in total. The lowest BCUT2D eigenvalue weighted by Gasteiger charge is -2.17. The van der Waals surface area contributed by atoms with E-state index in [1.165, 1.54) is 11.8 Å². The van der Waals surface area contributed by atoms with E-state index in [9.17, 15) is 9.32 Å². The lowest BCUT2D eigenvalue weighted by atomic mass is 9.96. The fraction of sp³-hybridized carbons (Fsp3) is 0.435. The molecule has 0 radical (unpaired) electrons. The molecule has 9 heteroatoms. The fourth-order valence-corrected chi connectivity index (χ4v) is 3.88. The number of anilines is 1. The number of aromatic nitrogens is 4. The molecule has 0 aliphatic rings. The Hall–Kier alpha value is -2.78. The molecule has 2 N–H and O–H groups in total. The zero-order valence-electron chi connectivity index (χ0n) is 19.2. The number of hydrogen-bond donors (Lipinski definition) is 2. The number of rotatable bonds is 10. The van der Waals surface area contributed by atoms with Crippen molar-refractivity contribution in [1.29, 1.82) is 0 Å². The first-order valence-corrected chi connectivity index (χ1v) is 11.8. The molecule has 0 fully saturated rings. The molecule has 0 spiro atoms. The SMILES string of the molecule is CC(C)Cc1ccccc1-c1cc(OCCC(C)(C)O)nc(NS(=O)c2cnn(C)c2)n1. The summed E-state index contributed by atoms with van der Waals surface area (Å²) in [5, 5.41) is 14.0. The van der Waals surface area contributed by atoms with Gasteiger partial charge in [-0.1, -0.05) is 38.1 Å². The summed E-state index contributed by atoms with van der Waals surface area (Å²) in [7, 11) is 0.187. The molecule has 0 saturated heterocycles. The fourth-order valence-electron chi connectivity index (χ4n) is 3.11. The third kappa shape index (κ3) is 6.86. The predicted octanol–water partition coefficient (Wildman–Crippen LogP) is 3.75. The molecule has 2 heterocycles. The van der Waals surface area contributed by atoms with Gasteiger partial charge in [-0.05, 0) is 31.7 Å². The highest BCUT2D eigenvalue weighted by atomic mass is 32.2. The van der Waals surface area contributed by atoms with E-state index in [2.05, 4.69) is 39.7 Å². The third-order valence-electron chi connectivity index (χ3n) is 4.67. The Morgan fingerprint density at radius 3 is 2.66 bits per heavy atom. The maximum Gasteiger partial charge on any atom is 0.238 e. The van der Waals surface area contributed by atoms with Crippen molar-refractivity contribution in [3.8, 4) is 17.1 Å². The van der Waals surface area contributed by atoms with Crippen molar-refractivity contribution in [2.45, 2.75) is 51.0 Å². The Morgan fingerprint density at radius 1 is 1.25 bits per heavy atom. The van der Waals surface area contributed by atoms with E-state index in [1.807, 2.05) is 18.2 Å². The van der Waals surface area contributed by atoms with Crippen molar-refractivity contribution in [2.24, 2.45) is 13.0 Å². The van der Waals surface area contributed by atoms with Crippen LogP contribution in [0.4, 0.5) is 5.95 Å². The van der Waals surface area contributed by atoms with Crippen LogP contribution in [-0.4, -0.2) is 41.3 Å². The maximum atomic E-state index is 12.7. The summed E-state index contributed by atoms with van der Waals surface area (Å²) in [6.07, 6.45) is 4.55. The molecule has 3 aromatic rings. The molecule has 3 rings (SSSR count). The van der Waals surface area contributed by atoms with E-state index in [0.717, 1.165) is 12.0 Å². The molecule has 1 unspecified atom stereocenters. The van der Waals surface area contributed by atoms with Crippen LogP contribution in [0.5, 0.6) is 5.88 Å². The highest BCUT2D eigenvalue weighted by molar-refractivity contribution is 7.86. The van der Waals surface area contributed by atoms with Gasteiger partial charge in [-0.2, -0.15) is 10.1 Å². The third-order valence-corrected chi connectivity index (χ3v) is 5.67. The molecule has 0 aliphatic heterocycles. The van der Waals surface area contributed by atoms with Gasteiger partial charge in [-0.15, -0.1) is 0 Å². The summed E-state index contributed by atoms with van der Waals surface area (Å²) >= 11 is 0. The van der Waals surface area contributed by atoms with Crippen molar-refractivity contribution < 1.29 is 14.1 Å².